The lowest BCUT2D eigenvalue weighted by molar-refractivity contribution is -0.220. The van der Waals surface area contributed by atoms with Gasteiger partial charge in [-0.3, -0.25) is 0 Å². The van der Waals surface area contributed by atoms with E-state index < -0.39 is 5.79 Å². The minimum Gasteiger partial charge on any atom is -0.349 e. The van der Waals surface area contributed by atoms with Gasteiger partial charge in [0.25, 0.3) is 0 Å². The molecule has 0 heterocycles. The van der Waals surface area contributed by atoms with Crippen LogP contribution in [0.1, 0.15) is 35.1 Å². The van der Waals surface area contributed by atoms with Crippen LogP contribution in [0.4, 0.5) is 0 Å². The Labute approximate surface area is 115 Å². The molecule has 0 spiro atoms. The summed E-state index contributed by atoms with van der Waals surface area (Å²) in [6, 6.07) is 4.34. The molecule has 1 aromatic rings. The molecule has 0 aliphatic heterocycles. The van der Waals surface area contributed by atoms with Crippen LogP contribution in [0.3, 0.4) is 0 Å². The standard InChI is InChI=1S/C15H23ClO2/c1-11-9-13(3)14(10-12(11)2)15(17-4,18-5)7-6-8-16/h9-10H,6-8H2,1-5H3. The summed E-state index contributed by atoms with van der Waals surface area (Å²) in [7, 11) is 3.37. The number of aryl methyl sites for hydroxylation is 3. The van der Waals surface area contributed by atoms with E-state index in [-0.39, 0.29) is 0 Å². The number of methoxy groups -OCH3 is 2. The normalized spacial score (nSPS) is 11.9. The molecule has 0 saturated carbocycles. The summed E-state index contributed by atoms with van der Waals surface area (Å²) < 4.78 is 11.3. The lowest BCUT2D eigenvalue weighted by Gasteiger charge is -2.33. The fourth-order valence-corrected chi connectivity index (χ4v) is 2.45. The van der Waals surface area contributed by atoms with Gasteiger partial charge < -0.3 is 9.47 Å². The van der Waals surface area contributed by atoms with Crippen molar-refractivity contribution in [3.8, 4) is 0 Å². The predicted octanol–water partition coefficient (Wildman–Crippen LogP) is 4.08. The molecule has 0 bridgehead atoms. The van der Waals surface area contributed by atoms with Gasteiger partial charge in [-0.2, -0.15) is 0 Å². The predicted molar refractivity (Wildman–Crippen MR) is 76.3 cm³/mol. The zero-order valence-electron chi connectivity index (χ0n) is 12.0. The molecular weight excluding hydrogens is 248 g/mol. The molecule has 0 unspecified atom stereocenters. The van der Waals surface area contributed by atoms with E-state index in [1.807, 2.05) is 0 Å². The van der Waals surface area contributed by atoms with E-state index >= 15 is 0 Å². The van der Waals surface area contributed by atoms with Crippen molar-refractivity contribution >= 4 is 11.6 Å². The summed E-state index contributed by atoms with van der Waals surface area (Å²) in [5.74, 6) is -0.0736. The van der Waals surface area contributed by atoms with Crippen LogP contribution in [0.5, 0.6) is 0 Å². The Morgan fingerprint density at radius 2 is 1.56 bits per heavy atom. The Kier molecular flexibility index (Phi) is 5.64. The maximum Gasteiger partial charge on any atom is 0.194 e. The molecule has 1 rings (SSSR count). The average molecular weight is 271 g/mol. The average Bonchev–Trinajstić information content (AvgIpc) is 2.37. The molecule has 0 aliphatic rings. The van der Waals surface area contributed by atoms with Gasteiger partial charge >= 0.3 is 0 Å². The molecule has 1 aromatic carbocycles. The fourth-order valence-electron chi connectivity index (χ4n) is 2.31. The van der Waals surface area contributed by atoms with E-state index in [1.54, 1.807) is 14.2 Å². The highest BCUT2D eigenvalue weighted by Crippen LogP contribution is 2.34. The first-order valence-corrected chi connectivity index (χ1v) is 6.78. The van der Waals surface area contributed by atoms with Crippen molar-refractivity contribution < 1.29 is 9.47 Å². The second-order valence-electron chi connectivity index (χ2n) is 4.71. The van der Waals surface area contributed by atoms with Gasteiger partial charge in [-0.25, -0.2) is 0 Å². The number of alkyl halides is 1. The van der Waals surface area contributed by atoms with Crippen LogP contribution < -0.4 is 0 Å². The van der Waals surface area contributed by atoms with Gasteiger partial charge in [0.2, 0.25) is 0 Å². The molecule has 0 aromatic heterocycles. The first kappa shape index (κ1) is 15.5. The summed E-state index contributed by atoms with van der Waals surface area (Å²) in [5.41, 5.74) is 4.83. The zero-order chi connectivity index (χ0) is 13.8. The van der Waals surface area contributed by atoms with Gasteiger partial charge in [0.1, 0.15) is 0 Å². The Hall–Kier alpha value is -0.570. The molecule has 0 radical (unpaired) electrons. The lowest BCUT2D eigenvalue weighted by Crippen LogP contribution is -2.32. The summed E-state index contributed by atoms with van der Waals surface area (Å²) in [5, 5.41) is 0. The highest BCUT2D eigenvalue weighted by atomic mass is 35.5. The third kappa shape index (κ3) is 3.05. The molecule has 0 N–H and O–H groups in total. The first-order chi connectivity index (χ1) is 8.50. The highest BCUT2D eigenvalue weighted by Gasteiger charge is 2.33. The summed E-state index contributed by atoms with van der Waals surface area (Å²) in [6.07, 6.45) is 1.61. The molecule has 0 amide bonds. The Bertz CT molecular complexity index is 398. The Morgan fingerprint density at radius 3 is 2.06 bits per heavy atom. The largest absolute Gasteiger partial charge is 0.349 e. The maximum atomic E-state index is 5.79. The smallest absolute Gasteiger partial charge is 0.194 e. The zero-order valence-corrected chi connectivity index (χ0v) is 12.7. The van der Waals surface area contributed by atoms with Gasteiger partial charge in [0.05, 0.1) is 0 Å². The van der Waals surface area contributed by atoms with Crippen molar-refractivity contribution in [3.63, 3.8) is 0 Å². The summed E-state index contributed by atoms with van der Waals surface area (Å²) in [4.78, 5) is 0. The van der Waals surface area contributed by atoms with Crippen LogP contribution in [0.25, 0.3) is 0 Å². The van der Waals surface area contributed by atoms with E-state index in [4.69, 9.17) is 21.1 Å². The van der Waals surface area contributed by atoms with Gasteiger partial charge in [-0.05, 0) is 43.9 Å². The number of rotatable bonds is 6. The van der Waals surface area contributed by atoms with Gasteiger partial charge in [0, 0.05) is 32.1 Å². The number of hydrogen-bond donors (Lipinski definition) is 0. The SMILES string of the molecule is COC(CCCCl)(OC)c1cc(C)c(C)cc1C. The van der Waals surface area contributed by atoms with E-state index in [0.29, 0.717) is 5.88 Å². The molecule has 2 nitrogen and oxygen atoms in total. The summed E-state index contributed by atoms with van der Waals surface area (Å²) >= 11 is 5.79. The van der Waals surface area contributed by atoms with Crippen molar-refractivity contribution in [2.24, 2.45) is 0 Å². The third-order valence-corrected chi connectivity index (χ3v) is 3.82. The van der Waals surface area contributed by atoms with Crippen molar-refractivity contribution in [3.05, 3.63) is 34.4 Å². The fraction of sp³-hybridized carbons (Fsp3) is 0.600. The first-order valence-electron chi connectivity index (χ1n) is 6.25. The van der Waals surface area contributed by atoms with Crippen LogP contribution in [-0.2, 0) is 15.3 Å². The molecule has 102 valence electrons. The molecule has 0 saturated heterocycles. The Morgan fingerprint density at radius 1 is 1.00 bits per heavy atom. The van der Waals surface area contributed by atoms with E-state index in [2.05, 4.69) is 32.9 Å². The van der Waals surface area contributed by atoms with Gasteiger partial charge in [0.15, 0.2) is 5.79 Å². The quantitative estimate of drug-likeness (QED) is 0.573. The summed E-state index contributed by atoms with van der Waals surface area (Å²) in [6.45, 7) is 6.32. The van der Waals surface area contributed by atoms with Crippen molar-refractivity contribution in [2.75, 3.05) is 20.1 Å². The topological polar surface area (TPSA) is 18.5 Å². The maximum absolute atomic E-state index is 5.79. The van der Waals surface area contributed by atoms with Crippen LogP contribution in [-0.4, -0.2) is 20.1 Å². The Balaban J connectivity index is 3.24. The second-order valence-corrected chi connectivity index (χ2v) is 5.08. The molecule has 0 fully saturated rings. The van der Waals surface area contributed by atoms with Crippen LogP contribution in [0.15, 0.2) is 12.1 Å². The molecule has 3 heteroatoms. The lowest BCUT2D eigenvalue weighted by atomic mass is 9.92. The van der Waals surface area contributed by atoms with E-state index in [0.717, 1.165) is 18.4 Å². The highest BCUT2D eigenvalue weighted by molar-refractivity contribution is 6.17. The molecule has 18 heavy (non-hydrogen) atoms. The van der Waals surface area contributed by atoms with Crippen molar-refractivity contribution in [1.82, 2.24) is 0 Å². The van der Waals surface area contributed by atoms with Crippen LogP contribution in [0.2, 0.25) is 0 Å². The minimum atomic E-state index is -0.683. The van der Waals surface area contributed by atoms with Gasteiger partial charge in [-0.1, -0.05) is 12.1 Å². The van der Waals surface area contributed by atoms with Crippen LogP contribution >= 0.6 is 11.6 Å². The molecular formula is C15H23ClO2. The van der Waals surface area contributed by atoms with Crippen LogP contribution in [0, 0.1) is 20.8 Å². The third-order valence-electron chi connectivity index (χ3n) is 3.55. The molecule has 0 aliphatic carbocycles. The molecule has 0 atom stereocenters. The van der Waals surface area contributed by atoms with Gasteiger partial charge in [-0.15, -0.1) is 11.6 Å². The number of ether oxygens (including phenoxy) is 2. The van der Waals surface area contributed by atoms with Crippen molar-refractivity contribution in [2.45, 2.75) is 39.4 Å². The van der Waals surface area contributed by atoms with E-state index in [9.17, 15) is 0 Å². The number of halogens is 1. The minimum absolute atomic E-state index is 0.609. The second kappa shape index (κ2) is 6.55. The van der Waals surface area contributed by atoms with E-state index in [1.165, 1.54) is 16.7 Å². The number of hydrogen-bond acceptors (Lipinski definition) is 2. The monoisotopic (exact) mass is 270 g/mol. The number of benzene rings is 1. The van der Waals surface area contributed by atoms with Crippen molar-refractivity contribution in [1.29, 1.82) is 0 Å².